The number of anilines is 1. The second-order valence-corrected chi connectivity index (χ2v) is 10.3. The maximum Gasteiger partial charge on any atom is 0.244 e. The van der Waals surface area contributed by atoms with Crippen LogP contribution in [0, 0.1) is 13.8 Å². The number of nitrogens with zero attached hydrogens (tertiary/aromatic N) is 3. The van der Waals surface area contributed by atoms with Gasteiger partial charge in [-0.25, -0.2) is 13.1 Å². The van der Waals surface area contributed by atoms with Gasteiger partial charge in [0.1, 0.15) is 10.6 Å². The predicted octanol–water partition coefficient (Wildman–Crippen LogP) is 3.21. The van der Waals surface area contributed by atoms with Crippen LogP contribution in [0.15, 0.2) is 29.2 Å². The van der Waals surface area contributed by atoms with Gasteiger partial charge in [-0.3, -0.25) is 4.68 Å². The van der Waals surface area contributed by atoms with Crippen LogP contribution in [0.4, 0.5) is 5.69 Å². The number of benzene rings is 1. The first kappa shape index (κ1) is 21.6. The number of aryl methyl sites for hydroxylation is 1. The summed E-state index contributed by atoms with van der Waals surface area (Å²) in [6, 6.07) is 7.72. The predicted molar refractivity (Wildman–Crippen MR) is 115 cm³/mol. The molecule has 29 heavy (non-hydrogen) atoms. The Hall–Kier alpha value is -2.06. The molecule has 3 rings (SSSR count). The van der Waals surface area contributed by atoms with E-state index in [1.54, 1.807) is 18.7 Å². The fourth-order valence-corrected chi connectivity index (χ4v) is 5.72. The van der Waals surface area contributed by atoms with Crippen LogP contribution >= 0.6 is 0 Å². The largest absolute Gasteiger partial charge is 0.497 e. The lowest BCUT2D eigenvalue weighted by Gasteiger charge is -2.34. The van der Waals surface area contributed by atoms with E-state index in [0.29, 0.717) is 22.8 Å². The first-order chi connectivity index (χ1) is 13.5. The van der Waals surface area contributed by atoms with Crippen LogP contribution in [-0.2, 0) is 15.6 Å². The van der Waals surface area contributed by atoms with Gasteiger partial charge in [0.2, 0.25) is 10.0 Å². The third-order valence-corrected chi connectivity index (χ3v) is 7.06. The number of piperidine rings is 1. The second kappa shape index (κ2) is 7.99. The summed E-state index contributed by atoms with van der Waals surface area (Å²) in [7, 11) is -2.02. The average Bonchev–Trinajstić information content (AvgIpc) is 2.97. The highest BCUT2D eigenvalue weighted by Gasteiger charge is 2.31. The third-order valence-electron chi connectivity index (χ3n) is 5.29. The number of nitrogens with one attached hydrogen (secondary N) is 1. The van der Waals surface area contributed by atoms with Crippen molar-refractivity contribution in [3.8, 4) is 5.75 Å². The fourth-order valence-electron chi connectivity index (χ4n) is 4.06. The van der Waals surface area contributed by atoms with Gasteiger partial charge in [-0.1, -0.05) is 6.07 Å². The van der Waals surface area contributed by atoms with Gasteiger partial charge in [0.25, 0.3) is 0 Å². The molecule has 1 aliphatic heterocycles. The molecule has 1 N–H and O–H groups in total. The van der Waals surface area contributed by atoms with E-state index >= 15 is 0 Å². The molecule has 2 aromatic rings. The summed E-state index contributed by atoms with van der Waals surface area (Å²) in [5.74, 6) is 0.797. The molecule has 1 unspecified atom stereocenters. The van der Waals surface area contributed by atoms with E-state index in [4.69, 9.17) is 4.74 Å². The van der Waals surface area contributed by atoms with Gasteiger partial charge in [0.05, 0.1) is 24.0 Å². The fraction of sp³-hybridized carbons (Fsp3) is 0.571. The van der Waals surface area contributed by atoms with Gasteiger partial charge in [-0.05, 0) is 59.6 Å². The number of rotatable bonds is 5. The lowest BCUT2D eigenvalue weighted by Crippen LogP contribution is -2.47. The molecule has 0 radical (unpaired) electrons. The minimum atomic E-state index is -3.66. The molecular weight excluding hydrogens is 388 g/mol. The van der Waals surface area contributed by atoms with Crippen LogP contribution in [0.3, 0.4) is 0 Å². The van der Waals surface area contributed by atoms with E-state index in [0.717, 1.165) is 30.8 Å². The smallest absolute Gasteiger partial charge is 0.244 e. The molecule has 160 valence electrons. The monoisotopic (exact) mass is 420 g/mol. The molecule has 0 saturated carbocycles. The number of methoxy groups -OCH3 is 1. The molecule has 8 heteroatoms. The summed E-state index contributed by atoms with van der Waals surface area (Å²) in [5.41, 5.74) is 1.96. The molecule has 0 bridgehead atoms. The van der Waals surface area contributed by atoms with Crippen molar-refractivity contribution in [2.24, 2.45) is 0 Å². The van der Waals surface area contributed by atoms with Crippen molar-refractivity contribution in [2.75, 3.05) is 25.1 Å². The SMILES string of the molecule is COc1cccc(N2CCCC(NS(=O)(=O)c3c(C)nn(C(C)(C)C)c3C)C2)c1. The molecule has 1 atom stereocenters. The van der Waals surface area contributed by atoms with Crippen LogP contribution in [0.25, 0.3) is 0 Å². The van der Waals surface area contributed by atoms with Crippen LogP contribution in [0.2, 0.25) is 0 Å². The zero-order valence-corrected chi connectivity index (χ0v) is 19.0. The van der Waals surface area contributed by atoms with Crippen molar-refractivity contribution >= 4 is 15.7 Å². The van der Waals surface area contributed by atoms with Crippen molar-refractivity contribution in [1.29, 1.82) is 0 Å². The standard InChI is InChI=1S/C21H32N4O3S/c1-15-20(16(2)25(22-15)21(3,4)5)29(26,27)23-17-9-8-12-24(14-17)18-10-7-11-19(13-18)28-6/h7,10-11,13,17,23H,8-9,12,14H2,1-6H3. The van der Waals surface area contributed by atoms with E-state index in [-0.39, 0.29) is 11.6 Å². The quantitative estimate of drug-likeness (QED) is 0.804. The van der Waals surface area contributed by atoms with E-state index in [1.165, 1.54) is 0 Å². The Bertz CT molecular complexity index is 976. The Balaban J connectivity index is 1.81. The minimum absolute atomic E-state index is 0.156. The van der Waals surface area contributed by atoms with Gasteiger partial charge in [-0.15, -0.1) is 0 Å². The topological polar surface area (TPSA) is 76.5 Å². The number of ether oxygens (including phenoxy) is 1. The van der Waals surface area contributed by atoms with Gasteiger partial charge >= 0.3 is 0 Å². The van der Waals surface area contributed by atoms with Crippen molar-refractivity contribution < 1.29 is 13.2 Å². The van der Waals surface area contributed by atoms with Gasteiger partial charge in [0, 0.05) is 30.9 Å². The molecule has 0 aliphatic carbocycles. The number of hydrogen-bond donors (Lipinski definition) is 1. The van der Waals surface area contributed by atoms with Crippen LogP contribution in [0.1, 0.15) is 45.0 Å². The zero-order chi connectivity index (χ0) is 21.4. The summed E-state index contributed by atoms with van der Waals surface area (Å²) in [6.45, 7) is 11.1. The number of aromatic nitrogens is 2. The summed E-state index contributed by atoms with van der Waals surface area (Å²) in [6.07, 6.45) is 1.73. The highest BCUT2D eigenvalue weighted by atomic mass is 32.2. The van der Waals surface area contributed by atoms with Gasteiger partial charge in [0.15, 0.2) is 0 Å². The zero-order valence-electron chi connectivity index (χ0n) is 18.2. The Morgan fingerprint density at radius 2 is 1.97 bits per heavy atom. The van der Waals surface area contributed by atoms with Crippen LogP contribution < -0.4 is 14.4 Å². The summed E-state index contributed by atoms with van der Waals surface area (Å²) in [4.78, 5) is 2.50. The maximum absolute atomic E-state index is 13.2. The average molecular weight is 421 g/mol. The lowest BCUT2D eigenvalue weighted by molar-refractivity contribution is 0.345. The van der Waals surface area contributed by atoms with Crippen LogP contribution in [-0.4, -0.2) is 44.4 Å². The first-order valence-electron chi connectivity index (χ1n) is 10.0. The normalized spacial score (nSPS) is 18.1. The molecule has 1 aliphatic rings. The lowest BCUT2D eigenvalue weighted by atomic mass is 10.1. The highest BCUT2D eigenvalue weighted by molar-refractivity contribution is 7.89. The number of hydrogen-bond acceptors (Lipinski definition) is 5. The summed E-state index contributed by atoms with van der Waals surface area (Å²) >= 11 is 0. The third kappa shape index (κ3) is 4.59. The number of sulfonamides is 1. The molecule has 1 aromatic heterocycles. The van der Waals surface area contributed by atoms with Crippen molar-refractivity contribution in [3.05, 3.63) is 35.7 Å². The molecule has 0 amide bonds. The van der Waals surface area contributed by atoms with Crippen molar-refractivity contribution in [1.82, 2.24) is 14.5 Å². The summed E-state index contributed by atoms with van der Waals surface area (Å²) in [5, 5.41) is 4.50. The Labute approximate surface area is 174 Å². The molecule has 0 spiro atoms. The van der Waals surface area contributed by atoms with Crippen molar-refractivity contribution in [2.45, 2.75) is 63.9 Å². The Kier molecular flexibility index (Phi) is 5.96. The molecule has 7 nitrogen and oxygen atoms in total. The van der Waals surface area contributed by atoms with Crippen LogP contribution in [0.5, 0.6) is 5.75 Å². The van der Waals surface area contributed by atoms with E-state index in [2.05, 4.69) is 14.7 Å². The molecule has 1 fully saturated rings. The molecule has 1 aromatic carbocycles. The summed E-state index contributed by atoms with van der Waals surface area (Å²) < 4.78 is 36.5. The highest BCUT2D eigenvalue weighted by Crippen LogP contribution is 2.27. The maximum atomic E-state index is 13.2. The molecular formula is C21H32N4O3S. The minimum Gasteiger partial charge on any atom is -0.497 e. The van der Waals surface area contributed by atoms with Crippen molar-refractivity contribution in [3.63, 3.8) is 0 Å². The molecule has 2 heterocycles. The van der Waals surface area contributed by atoms with Gasteiger partial charge in [-0.2, -0.15) is 5.10 Å². The van der Waals surface area contributed by atoms with E-state index in [9.17, 15) is 8.42 Å². The van der Waals surface area contributed by atoms with Gasteiger partial charge < -0.3 is 9.64 Å². The Morgan fingerprint density at radius 1 is 1.24 bits per heavy atom. The second-order valence-electron chi connectivity index (χ2n) is 8.69. The first-order valence-corrected chi connectivity index (χ1v) is 11.5. The van der Waals surface area contributed by atoms with E-state index in [1.807, 2.05) is 52.0 Å². The molecule has 1 saturated heterocycles. The van der Waals surface area contributed by atoms with E-state index < -0.39 is 10.0 Å². The Morgan fingerprint density at radius 3 is 2.59 bits per heavy atom.